The highest BCUT2D eigenvalue weighted by Gasteiger charge is 2.15. The van der Waals surface area contributed by atoms with E-state index in [1.807, 2.05) is 60.7 Å². The van der Waals surface area contributed by atoms with E-state index in [1.54, 1.807) is 30.1 Å². The fraction of sp³-hybridized carbons (Fsp3) is 0.125. The third kappa shape index (κ3) is 3.98. The Morgan fingerprint density at radius 2 is 1.57 bits per heavy atom. The molecule has 4 aromatic rings. The molecule has 0 bridgehead atoms. The summed E-state index contributed by atoms with van der Waals surface area (Å²) in [4.78, 5) is 27.2. The van der Waals surface area contributed by atoms with Crippen LogP contribution in [-0.2, 0) is 11.3 Å². The van der Waals surface area contributed by atoms with Gasteiger partial charge in [0.2, 0.25) is 5.91 Å². The second-order valence-electron chi connectivity index (χ2n) is 6.97. The Bertz CT molecular complexity index is 1250. The van der Waals surface area contributed by atoms with Crippen LogP contribution in [-0.4, -0.2) is 22.7 Å². The van der Waals surface area contributed by atoms with Gasteiger partial charge in [0.25, 0.3) is 5.56 Å². The first kappa shape index (κ1) is 19.9. The maximum Gasteiger partial charge on any atom is 0.274 e. The van der Waals surface area contributed by atoms with Gasteiger partial charge < -0.3 is 4.90 Å². The van der Waals surface area contributed by atoms with Gasteiger partial charge in [-0.15, -0.1) is 0 Å². The van der Waals surface area contributed by atoms with Crippen molar-refractivity contribution in [3.8, 4) is 11.3 Å². The number of fused-ring (bicyclic) bond motifs is 1. The maximum atomic E-state index is 13.0. The molecule has 1 amide bonds. The summed E-state index contributed by atoms with van der Waals surface area (Å²) in [5.74, 6) is -0.0869. The van der Waals surface area contributed by atoms with Crippen LogP contribution in [0.3, 0.4) is 0 Å². The normalized spacial score (nSPS) is 10.9. The van der Waals surface area contributed by atoms with Gasteiger partial charge in [-0.05, 0) is 30.3 Å². The van der Waals surface area contributed by atoms with Crippen LogP contribution in [0.1, 0.15) is 6.42 Å². The third-order valence-electron chi connectivity index (χ3n) is 5.04. The van der Waals surface area contributed by atoms with Crippen molar-refractivity contribution in [3.05, 3.63) is 94.2 Å². The predicted octanol–water partition coefficient (Wildman–Crippen LogP) is 4.77. The Kier molecular flexibility index (Phi) is 5.63. The van der Waals surface area contributed by atoms with E-state index in [0.29, 0.717) is 16.1 Å². The molecule has 0 unspecified atom stereocenters. The smallest absolute Gasteiger partial charge is 0.274 e. The molecule has 0 N–H and O–H groups in total. The number of carbonyl (C=O) groups is 1. The lowest BCUT2D eigenvalue weighted by atomic mass is 10.1. The van der Waals surface area contributed by atoms with E-state index in [4.69, 9.17) is 11.6 Å². The minimum Gasteiger partial charge on any atom is -0.315 e. The Morgan fingerprint density at radius 3 is 2.27 bits per heavy atom. The number of amides is 1. The van der Waals surface area contributed by atoms with Crippen LogP contribution in [0.4, 0.5) is 5.69 Å². The number of nitrogens with zero attached hydrogens (tertiary/aromatic N) is 3. The molecule has 1 heterocycles. The van der Waals surface area contributed by atoms with Crippen LogP contribution >= 0.6 is 11.6 Å². The highest BCUT2D eigenvalue weighted by Crippen LogP contribution is 2.26. The molecule has 0 spiro atoms. The fourth-order valence-electron chi connectivity index (χ4n) is 3.37. The average Bonchev–Trinajstić information content (AvgIpc) is 2.79. The first-order valence-electron chi connectivity index (χ1n) is 9.62. The summed E-state index contributed by atoms with van der Waals surface area (Å²) in [6, 6.07) is 24.1. The number of aryl methyl sites for hydroxylation is 1. The molecule has 0 saturated carbocycles. The van der Waals surface area contributed by atoms with E-state index in [9.17, 15) is 9.59 Å². The molecule has 0 saturated heterocycles. The summed E-state index contributed by atoms with van der Waals surface area (Å²) in [5, 5.41) is 6.57. The van der Waals surface area contributed by atoms with Gasteiger partial charge in [-0.3, -0.25) is 9.59 Å². The van der Waals surface area contributed by atoms with Gasteiger partial charge in [0.15, 0.2) is 0 Å². The van der Waals surface area contributed by atoms with E-state index in [0.717, 1.165) is 16.6 Å². The molecule has 6 heteroatoms. The van der Waals surface area contributed by atoms with Crippen molar-refractivity contribution in [1.82, 2.24) is 9.78 Å². The Labute approximate surface area is 179 Å². The maximum absolute atomic E-state index is 13.0. The van der Waals surface area contributed by atoms with Gasteiger partial charge in [0.05, 0.1) is 17.6 Å². The highest BCUT2D eigenvalue weighted by atomic mass is 35.5. The average molecular weight is 418 g/mol. The van der Waals surface area contributed by atoms with Gasteiger partial charge in [-0.1, -0.05) is 60.1 Å². The number of benzene rings is 3. The molecule has 0 fully saturated rings. The standard InChI is InChI=1S/C24H20ClN3O2/c1-27(19-7-3-2-4-8-19)22(29)15-16-28-24(30)21-10-6-5-9-20(21)23(26-28)17-11-13-18(25)14-12-17/h2-14H,15-16H2,1H3. The van der Waals surface area contributed by atoms with Gasteiger partial charge in [0.1, 0.15) is 0 Å². The highest BCUT2D eigenvalue weighted by molar-refractivity contribution is 6.30. The number of aromatic nitrogens is 2. The minimum atomic E-state index is -0.210. The van der Waals surface area contributed by atoms with E-state index >= 15 is 0 Å². The van der Waals surface area contributed by atoms with Crippen molar-refractivity contribution >= 4 is 34.0 Å². The topological polar surface area (TPSA) is 55.2 Å². The van der Waals surface area contributed by atoms with Crippen LogP contribution in [0.2, 0.25) is 5.02 Å². The molecule has 0 atom stereocenters. The summed E-state index contributed by atoms with van der Waals surface area (Å²) < 4.78 is 1.38. The lowest BCUT2D eigenvalue weighted by molar-refractivity contribution is -0.118. The van der Waals surface area contributed by atoms with Crippen molar-refractivity contribution in [2.24, 2.45) is 0 Å². The molecule has 0 aliphatic rings. The molecule has 0 aliphatic carbocycles. The van der Waals surface area contributed by atoms with Crippen molar-refractivity contribution in [1.29, 1.82) is 0 Å². The zero-order valence-corrected chi connectivity index (χ0v) is 17.2. The number of para-hydroxylation sites is 1. The number of anilines is 1. The second kappa shape index (κ2) is 8.51. The molecule has 5 nitrogen and oxygen atoms in total. The first-order chi connectivity index (χ1) is 14.5. The van der Waals surface area contributed by atoms with Crippen molar-refractivity contribution in [2.75, 3.05) is 11.9 Å². The lowest BCUT2D eigenvalue weighted by Gasteiger charge is -2.17. The largest absolute Gasteiger partial charge is 0.315 e. The Balaban J connectivity index is 1.67. The molecule has 0 radical (unpaired) electrons. The molecule has 4 rings (SSSR count). The summed E-state index contributed by atoms with van der Waals surface area (Å²) in [5.41, 5.74) is 2.14. The quantitative estimate of drug-likeness (QED) is 0.470. The monoisotopic (exact) mass is 417 g/mol. The van der Waals surface area contributed by atoms with E-state index < -0.39 is 0 Å². The second-order valence-corrected chi connectivity index (χ2v) is 7.40. The van der Waals surface area contributed by atoms with E-state index in [-0.39, 0.29) is 24.4 Å². The number of hydrogen-bond donors (Lipinski definition) is 0. The van der Waals surface area contributed by atoms with Gasteiger partial charge >= 0.3 is 0 Å². The number of rotatable bonds is 5. The summed E-state index contributed by atoms with van der Waals surface area (Å²) in [6.45, 7) is 0.195. The number of hydrogen-bond acceptors (Lipinski definition) is 3. The Morgan fingerprint density at radius 1 is 0.933 bits per heavy atom. The van der Waals surface area contributed by atoms with Crippen molar-refractivity contribution < 1.29 is 4.79 Å². The molecule has 1 aromatic heterocycles. The van der Waals surface area contributed by atoms with Crippen molar-refractivity contribution in [3.63, 3.8) is 0 Å². The van der Waals surface area contributed by atoms with E-state index in [2.05, 4.69) is 5.10 Å². The molecule has 150 valence electrons. The SMILES string of the molecule is CN(C(=O)CCn1nc(-c2ccc(Cl)cc2)c2ccccc2c1=O)c1ccccc1. The van der Waals surface area contributed by atoms with Gasteiger partial charge in [0, 0.05) is 35.1 Å². The predicted molar refractivity (Wildman–Crippen MR) is 121 cm³/mol. The minimum absolute atomic E-state index is 0.0869. The molecular formula is C24H20ClN3O2. The zero-order chi connectivity index (χ0) is 21.1. The van der Waals surface area contributed by atoms with Crippen LogP contribution in [0.5, 0.6) is 0 Å². The van der Waals surface area contributed by atoms with Crippen LogP contribution in [0.15, 0.2) is 83.7 Å². The van der Waals surface area contributed by atoms with Crippen LogP contribution in [0.25, 0.3) is 22.0 Å². The number of halogens is 1. The molecule has 0 aliphatic heterocycles. The lowest BCUT2D eigenvalue weighted by Crippen LogP contribution is -2.30. The fourth-order valence-corrected chi connectivity index (χ4v) is 3.50. The Hall–Kier alpha value is -3.44. The summed E-state index contributed by atoms with van der Waals surface area (Å²) >= 11 is 6.02. The number of carbonyl (C=O) groups excluding carboxylic acids is 1. The summed E-state index contributed by atoms with van der Waals surface area (Å²) in [7, 11) is 1.73. The van der Waals surface area contributed by atoms with E-state index in [1.165, 1.54) is 4.68 Å². The van der Waals surface area contributed by atoms with Crippen molar-refractivity contribution in [2.45, 2.75) is 13.0 Å². The molecular weight excluding hydrogens is 398 g/mol. The summed E-state index contributed by atoms with van der Waals surface area (Å²) in [6.07, 6.45) is 0.163. The molecule has 30 heavy (non-hydrogen) atoms. The van der Waals surface area contributed by atoms with Crippen LogP contribution < -0.4 is 10.5 Å². The first-order valence-corrected chi connectivity index (χ1v) is 10.00. The zero-order valence-electron chi connectivity index (χ0n) is 16.5. The molecule has 3 aromatic carbocycles. The third-order valence-corrected chi connectivity index (χ3v) is 5.29. The van der Waals surface area contributed by atoms with Crippen LogP contribution in [0, 0.1) is 0 Å². The van der Waals surface area contributed by atoms with Gasteiger partial charge in [-0.25, -0.2) is 4.68 Å². The van der Waals surface area contributed by atoms with Gasteiger partial charge in [-0.2, -0.15) is 5.10 Å².